The molecule has 4 heteroatoms. The van der Waals surface area contributed by atoms with Gasteiger partial charge in [-0.15, -0.1) is 0 Å². The van der Waals surface area contributed by atoms with E-state index in [-0.39, 0.29) is 6.61 Å². The van der Waals surface area contributed by atoms with Crippen LogP contribution in [0.2, 0.25) is 0 Å². The Morgan fingerprint density at radius 1 is 1.50 bits per heavy atom. The highest BCUT2D eigenvalue weighted by Crippen LogP contribution is 2.21. The first kappa shape index (κ1) is 12.5. The molecule has 0 spiro atoms. The summed E-state index contributed by atoms with van der Waals surface area (Å²) in [6, 6.07) is 5.43. The van der Waals surface area contributed by atoms with E-state index in [9.17, 15) is 4.79 Å². The maximum Gasteiger partial charge on any atom is 0.346 e. The lowest BCUT2D eigenvalue weighted by Gasteiger charge is -2.15. The van der Waals surface area contributed by atoms with Crippen molar-refractivity contribution in [2.75, 3.05) is 7.11 Å². The molecule has 0 saturated carbocycles. The Morgan fingerprint density at radius 2 is 2.19 bits per heavy atom. The molecule has 0 aliphatic rings. The third-order valence-corrected chi connectivity index (χ3v) is 2.23. The van der Waals surface area contributed by atoms with Crippen molar-refractivity contribution in [3.8, 4) is 5.75 Å². The van der Waals surface area contributed by atoms with E-state index in [0.717, 1.165) is 5.56 Å². The van der Waals surface area contributed by atoms with Crippen molar-refractivity contribution in [2.24, 2.45) is 0 Å². The molecule has 16 heavy (non-hydrogen) atoms. The van der Waals surface area contributed by atoms with Gasteiger partial charge in [-0.1, -0.05) is 12.1 Å². The summed E-state index contributed by atoms with van der Waals surface area (Å²) in [5.41, 5.74) is 1.66. The molecular formula is C12H16O4. The molecule has 1 aromatic rings. The van der Waals surface area contributed by atoms with Crippen LogP contribution < -0.4 is 4.74 Å². The normalized spacial score (nSPS) is 12.0. The van der Waals surface area contributed by atoms with Gasteiger partial charge in [0, 0.05) is 5.56 Å². The molecule has 0 bridgehead atoms. The van der Waals surface area contributed by atoms with E-state index in [1.807, 2.05) is 13.0 Å². The van der Waals surface area contributed by atoms with Crippen molar-refractivity contribution in [2.45, 2.75) is 26.6 Å². The van der Waals surface area contributed by atoms with Gasteiger partial charge in [0.2, 0.25) is 0 Å². The highest BCUT2D eigenvalue weighted by molar-refractivity contribution is 5.74. The van der Waals surface area contributed by atoms with Gasteiger partial charge in [0.15, 0.2) is 6.10 Å². The summed E-state index contributed by atoms with van der Waals surface area (Å²) in [7, 11) is 1.31. The van der Waals surface area contributed by atoms with Crippen LogP contribution in [0.3, 0.4) is 0 Å². The molecule has 1 rings (SSSR count). The summed E-state index contributed by atoms with van der Waals surface area (Å²) in [4.78, 5) is 11.2. The van der Waals surface area contributed by atoms with Crippen molar-refractivity contribution in [1.82, 2.24) is 0 Å². The van der Waals surface area contributed by atoms with E-state index >= 15 is 0 Å². The van der Waals surface area contributed by atoms with Crippen LogP contribution in [0, 0.1) is 6.92 Å². The molecule has 1 unspecified atom stereocenters. The number of benzene rings is 1. The van der Waals surface area contributed by atoms with Crippen LogP contribution in [0.4, 0.5) is 0 Å². The number of aliphatic hydroxyl groups excluding tert-OH is 1. The number of methoxy groups -OCH3 is 1. The minimum Gasteiger partial charge on any atom is -0.479 e. The molecule has 1 aromatic carbocycles. The fraction of sp³-hybridized carbons (Fsp3) is 0.417. The fourth-order valence-corrected chi connectivity index (χ4v) is 1.31. The molecule has 4 nitrogen and oxygen atoms in total. The molecule has 88 valence electrons. The van der Waals surface area contributed by atoms with E-state index in [0.29, 0.717) is 11.3 Å². The first-order valence-electron chi connectivity index (χ1n) is 5.03. The van der Waals surface area contributed by atoms with Gasteiger partial charge in [0.05, 0.1) is 13.7 Å². The average Bonchev–Trinajstić information content (AvgIpc) is 2.28. The summed E-state index contributed by atoms with van der Waals surface area (Å²) in [5, 5.41) is 9.12. The SMILES string of the molecule is COC(=O)C(C)Oc1cc(C)ccc1CO. The summed E-state index contributed by atoms with van der Waals surface area (Å²) >= 11 is 0. The average molecular weight is 224 g/mol. The third-order valence-electron chi connectivity index (χ3n) is 2.23. The largest absolute Gasteiger partial charge is 0.479 e. The molecule has 0 aromatic heterocycles. The molecule has 0 aliphatic heterocycles. The summed E-state index contributed by atoms with van der Waals surface area (Å²) in [6.45, 7) is 3.40. The lowest BCUT2D eigenvalue weighted by molar-refractivity contribution is -0.147. The lowest BCUT2D eigenvalue weighted by atomic mass is 10.1. The van der Waals surface area contributed by atoms with Gasteiger partial charge >= 0.3 is 5.97 Å². The topological polar surface area (TPSA) is 55.8 Å². The second-order valence-electron chi connectivity index (χ2n) is 3.55. The van der Waals surface area contributed by atoms with E-state index in [4.69, 9.17) is 9.84 Å². The Bertz CT molecular complexity index is 373. The van der Waals surface area contributed by atoms with Crippen LogP contribution in [0.1, 0.15) is 18.1 Å². The lowest BCUT2D eigenvalue weighted by Crippen LogP contribution is -2.25. The molecule has 0 heterocycles. The van der Waals surface area contributed by atoms with Crippen LogP contribution in [0.15, 0.2) is 18.2 Å². The highest BCUT2D eigenvalue weighted by Gasteiger charge is 2.16. The van der Waals surface area contributed by atoms with Gasteiger partial charge < -0.3 is 14.6 Å². The maximum atomic E-state index is 11.2. The zero-order valence-electron chi connectivity index (χ0n) is 9.69. The van der Waals surface area contributed by atoms with E-state index in [1.54, 1.807) is 19.1 Å². The number of aryl methyl sites for hydroxylation is 1. The van der Waals surface area contributed by atoms with Gasteiger partial charge in [0.25, 0.3) is 0 Å². The Labute approximate surface area is 94.8 Å². The van der Waals surface area contributed by atoms with E-state index in [1.165, 1.54) is 7.11 Å². The van der Waals surface area contributed by atoms with Crippen molar-refractivity contribution in [1.29, 1.82) is 0 Å². The molecular weight excluding hydrogens is 208 g/mol. The van der Waals surface area contributed by atoms with Crippen LogP contribution in [0.5, 0.6) is 5.75 Å². The zero-order chi connectivity index (χ0) is 12.1. The van der Waals surface area contributed by atoms with Crippen LogP contribution >= 0.6 is 0 Å². The van der Waals surface area contributed by atoms with Gasteiger partial charge in [-0.3, -0.25) is 0 Å². The zero-order valence-corrected chi connectivity index (χ0v) is 9.69. The van der Waals surface area contributed by atoms with Gasteiger partial charge in [-0.05, 0) is 25.5 Å². The van der Waals surface area contributed by atoms with E-state index < -0.39 is 12.1 Å². The second-order valence-corrected chi connectivity index (χ2v) is 3.55. The van der Waals surface area contributed by atoms with Gasteiger partial charge in [-0.25, -0.2) is 4.79 Å². The first-order valence-corrected chi connectivity index (χ1v) is 5.03. The highest BCUT2D eigenvalue weighted by atomic mass is 16.6. The van der Waals surface area contributed by atoms with Crippen molar-refractivity contribution in [3.63, 3.8) is 0 Å². The summed E-state index contributed by atoms with van der Waals surface area (Å²) in [6.07, 6.45) is -0.683. The molecule has 1 atom stereocenters. The van der Waals surface area contributed by atoms with Gasteiger partial charge in [0.1, 0.15) is 5.75 Å². The Morgan fingerprint density at radius 3 is 2.75 bits per heavy atom. The quantitative estimate of drug-likeness (QED) is 0.786. The molecule has 0 fully saturated rings. The smallest absolute Gasteiger partial charge is 0.346 e. The van der Waals surface area contributed by atoms with E-state index in [2.05, 4.69) is 4.74 Å². The molecule has 0 saturated heterocycles. The Balaban J connectivity index is 2.86. The van der Waals surface area contributed by atoms with Crippen molar-refractivity contribution < 1.29 is 19.4 Å². The number of carbonyl (C=O) groups excluding carboxylic acids is 1. The Kier molecular flexibility index (Phi) is 4.31. The fourth-order valence-electron chi connectivity index (χ4n) is 1.31. The number of esters is 1. The predicted octanol–water partition coefficient (Wildman–Crippen LogP) is 1.43. The monoisotopic (exact) mass is 224 g/mol. The number of ether oxygens (including phenoxy) is 2. The van der Waals surface area contributed by atoms with Gasteiger partial charge in [-0.2, -0.15) is 0 Å². The van der Waals surface area contributed by atoms with Crippen LogP contribution in [-0.2, 0) is 16.1 Å². The van der Waals surface area contributed by atoms with Crippen molar-refractivity contribution >= 4 is 5.97 Å². The number of carbonyl (C=O) groups is 1. The number of hydrogen-bond acceptors (Lipinski definition) is 4. The number of rotatable bonds is 4. The summed E-state index contributed by atoms with van der Waals surface area (Å²) < 4.78 is 10.00. The Hall–Kier alpha value is -1.55. The first-order chi connectivity index (χ1) is 7.58. The maximum absolute atomic E-state index is 11.2. The van der Waals surface area contributed by atoms with Crippen molar-refractivity contribution in [3.05, 3.63) is 29.3 Å². The number of hydrogen-bond donors (Lipinski definition) is 1. The van der Waals surface area contributed by atoms with Crippen LogP contribution in [-0.4, -0.2) is 24.3 Å². The molecule has 1 N–H and O–H groups in total. The second kappa shape index (κ2) is 5.51. The van der Waals surface area contributed by atoms with Crippen LogP contribution in [0.25, 0.3) is 0 Å². The number of aliphatic hydroxyl groups is 1. The predicted molar refractivity (Wildman–Crippen MR) is 59.2 cm³/mol. The standard InChI is InChI=1S/C12H16O4/c1-8-4-5-10(7-13)11(6-8)16-9(2)12(14)15-3/h4-6,9,13H,7H2,1-3H3. The summed E-state index contributed by atoms with van der Waals surface area (Å²) in [5.74, 6) is 0.0748. The molecule has 0 amide bonds. The minimum absolute atomic E-state index is 0.122. The third kappa shape index (κ3) is 2.97. The minimum atomic E-state index is -0.683. The molecule has 0 aliphatic carbocycles. The molecule has 0 radical (unpaired) electrons.